The van der Waals surface area contributed by atoms with E-state index in [4.69, 9.17) is 4.42 Å². The lowest BCUT2D eigenvalue weighted by Gasteiger charge is -2.21. The Labute approximate surface area is 119 Å². The highest BCUT2D eigenvalue weighted by Crippen LogP contribution is 2.40. The maximum absolute atomic E-state index is 6.13. The van der Waals surface area contributed by atoms with Crippen LogP contribution in [-0.2, 0) is 0 Å². The predicted octanol–water partition coefficient (Wildman–Crippen LogP) is 4.95. The molecule has 0 saturated heterocycles. The number of hydrogen-bond acceptors (Lipinski definition) is 2. The normalized spacial score (nSPS) is 10.9. The minimum atomic E-state index is 0.952. The molecular formula is C18H19NO. The third-order valence-corrected chi connectivity index (χ3v) is 3.68. The third kappa shape index (κ3) is 2.07. The van der Waals surface area contributed by atoms with Gasteiger partial charge in [-0.15, -0.1) is 0 Å². The maximum atomic E-state index is 6.13. The van der Waals surface area contributed by atoms with E-state index in [0.29, 0.717) is 0 Å². The van der Waals surface area contributed by atoms with Crippen molar-refractivity contribution in [3.8, 4) is 11.3 Å². The van der Waals surface area contributed by atoms with Crippen LogP contribution in [0.15, 0.2) is 59.0 Å². The summed E-state index contributed by atoms with van der Waals surface area (Å²) in [6.07, 6.45) is 0. The van der Waals surface area contributed by atoms with Crippen LogP contribution in [0, 0.1) is 0 Å². The summed E-state index contributed by atoms with van der Waals surface area (Å²) in [5, 5.41) is 1.19. The Bertz CT molecular complexity index is 696. The van der Waals surface area contributed by atoms with Gasteiger partial charge in [0.2, 0.25) is 0 Å². The molecule has 0 aliphatic heterocycles. The molecule has 1 heterocycles. The van der Waals surface area contributed by atoms with E-state index < -0.39 is 0 Å². The van der Waals surface area contributed by atoms with E-state index in [9.17, 15) is 0 Å². The van der Waals surface area contributed by atoms with Crippen LogP contribution < -0.4 is 4.90 Å². The fourth-order valence-corrected chi connectivity index (χ4v) is 2.67. The quantitative estimate of drug-likeness (QED) is 0.664. The first-order chi connectivity index (χ1) is 9.85. The second-order valence-corrected chi connectivity index (χ2v) is 4.81. The van der Waals surface area contributed by atoms with Crippen LogP contribution >= 0.6 is 0 Å². The molecule has 1 aromatic heterocycles. The number of nitrogens with zero attached hydrogens (tertiary/aromatic N) is 1. The SMILES string of the molecule is CCN(CC)c1c(-c2ccccc2)oc2ccccc12. The summed E-state index contributed by atoms with van der Waals surface area (Å²) in [5.74, 6) is 0.968. The minimum absolute atomic E-state index is 0.952. The fourth-order valence-electron chi connectivity index (χ4n) is 2.67. The van der Waals surface area contributed by atoms with Gasteiger partial charge in [-0.25, -0.2) is 0 Å². The first kappa shape index (κ1) is 12.8. The highest BCUT2D eigenvalue weighted by atomic mass is 16.3. The molecule has 3 rings (SSSR count). The van der Waals surface area contributed by atoms with Gasteiger partial charge in [-0.2, -0.15) is 0 Å². The lowest BCUT2D eigenvalue weighted by molar-refractivity contribution is 0.629. The topological polar surface area (TPSA) is 16.4 Å². The molecule has 0 amide bonds. The van der Waals surface area contributed by atoms with Crippen LogP contribution in [0.4, 0.5) is 5.69 Å². The highest BCUT2D eigenvalue weighted by molar-refractivity contribution is 5.99. The summed E-state index contributed by atoms with van der Waals surface area (Å²) in [4.78, 5) is 2.36. The molecule has 0 fully saturated rings. The van der Waals surface area contributed by atoms with Crippen molar-refractivity contribution in [1.29, 1.82) is 0 Å². The molecule has 0 atom stereocenters. The lowest BCUT2D eigenvalue weighted by atomic mass is 10.1. The van der Waals surface area contributed by atoms with Gasteiger partial charge in [0.25, 0.3) is 0 Å². The molecule has 0 unspecified atom stereocenters. The summed E-state index contributed by atoms with van der Waals surface area (Å²) in [5.41, 5.74) is 3.29. The van der Waals surface area contributed by atoms with Crippen molar-refractivity contribution >= 4 is 16.7 Å². The second-order valence-electron chi connectivity index (χ2n) is 4.81. The Kier molecular flexibility index (Phi) is 3.46. The average molecular weight is 265 g/mol. The van der Waals surface area contributed by atoms with Gasteiger partial charge in [0.15, 0.2) is 5.76 Å². The van der Waals surface area contributed by atoms with Gasteiger partial charge >= 0.3 is 0 Å². The molecule has 20 heavy (non-hydrogen) atoms. The second kappa shape index (κ2) is 5.41. The highest BCUT2D eigenvalue weighted by Gasteiger charge is 2.19. The Morgan fingerprint density at radius 3 is 2.20 bits per heavy atom. The summed E-state index contributed by atoms with van der Waals surface area (Å²) in [6.45, 7) is 6.31. The molecular weight excluding hydrogens is 246 g/mol. The monoisotopic (exact) mass is 265 g/mol. The zero-order chi connectivity index (χ0) is 13.9. The number of benzene rings is 2. The van der Waals surface area contributed by atoms with Crippen molar-refractivity contribution in [3.63, 3.8) is 0 Å². The molecule has 2 heteroatoms. The van der Waals surface area contributed by atoms with Crippen LogP contribution in [0.2, 0.25) is 0 Å². The van der Waals surface area contributed by atoms with Gasteiger partial charge in [0.05, 0.1) is 5.69 Å². The molecule has 0 aliphatic rings. The van der Waals surface area contributed by atoms with Gasteiger partial charge in [-0.3, -0.25) is 0 Å². The van der Waals surface area contributed by atoms with Gasteiger partial charge in [-0.1, -0.05) is 42.5 Å². The van der Waals surface area contributed by atoms with E-state index in [1.165, 1.54) is 11.1 Å². The van der Waals surface area contributed by atoms with Crippen molar-refractivity contribution in [2.24, 2.45) is 0 Å². The average Bonchev–Trinajstić information content (AvgIpc) is 2.89. The first-order valence-corrected chi connectivity index (χ1v) is 7.17. The largest absolute Gasteiger partial charge is 0.454 e. The van der Waals surface area contributed by atoms with Crippen LogP contribution in [0.3, 0.4) is 0 Å². The molecule has 102 valence electrons. The van der Waals surface area contributed by atoms with Crippen LogP contribution in [0.5, 0.6) is 0 Å². The minimum Gasteiger partial charge on any atom is -0.454 e. The Balaban J connectivity index is 2.28. The van der Waals surface area contributed by atoms with Crippen LogP contribution in [0.25, 0.3) is 22.3 Å². The van der Waals surface area contributed by atoms with E-state index in [1.54, 1.807) is 0 Å². The first-order valence-electron chi connectivity index (χ1n) is 7.17. The molecule has 0 spiro atoms. The predicted molar refractivity (Wildman–Crippen MR) is 85.2 cm³/mol. The summed E-state index contributed by atoms with van der Waals surface area (Å²) in [7, 11) is 0. The molecule has 0 aliphatic carbocycles. The smallest absolute Gasteiger partial charge is 0.158 e. The number of rotatable bonds is 4. The number of fused-ring (bicyclic) bond motifs is 1. The van der Waals surface area contributed by atoms with Crippen LogP contribution in [0.1, 0.15) is 13.8 Å². The van der Waals surface area contributed by atoms with E-state index in [2.05, 4.69) is 55.1 Å². The van der Waals surface area contributed by atoms with Crippen molar-refractivity contribution in [2.75, 3.05) is 18.0 Å². The van der Waals surface area contributed by atoms with Gasteiger partial charge in [0.1, 0.15) is 5.58 Å². The number of para-hydroxylation sites is 1. The molecule has 0 radical (unpaired) electrons. The number of anilines is 1. The Morgan fingerprint density at radius 2 is 1.50 bits per heavy atom. The standard InChI is InChI=1S/C18H19NO/c1-3-19(4-2)17-15-12-8-9-13-16(15)20-18(17)14-10-6-5-7-11-14/h5-13H,3-4H2,1-2H3. The van der Waals surface area contributed by atoms with Gasteiger partial charge in [0, 0.05) is 24.0 Å². The lowest BCUT2D eigenvalue weighted by Crippen LogP contribution is -2.22. The van der Waals surface area contributed by atoms with Crippen LogP contribution in [-0.4, -0.2) is 13.1 Å². The molecule has 3 aromatic rings. The number of furan rings is 1. The van der Waals surface area contributed by atoms with E-state index >= 15 is 0 Å². The number of hydrogen-bond donors (Lipinski definition) is 0. The molecule has 0 saturated carbocycles. The zero-order valence-electron chi connectivity index (χ0n) is 12.0. The fraction of sp³-hybridized carbons (Fsp3) is 0.222. The van der Waals surface area contributed by atoms with Gasteiger partial charge < -0.3 is 9.32 Å². The molecule has 2 aromatic carbocycles. The summed E-state index contributed by atoms with van der Waals surface area (Å²) < 4.78 is 6.13. The van der Waals surface area contributed by atoms with Gasteiger partial charge in [-0.05, 0) is 26.0 Å². The molecule has 0 N–H and O–H groups in total. The Hall–Kier alpha value is -2.22. The van der Waals surface area contributed by atoms with E-state index in [1.807, 2.05) is 18.2 Å². The zero-order valence-corrected chi connectivity index (χ0v) is 12.0. The summed E-state index contributed by atoms with van der Waals surface area (Å²) in [6, 6.07) is 18.6. The maximum Gasteiger partial charge on any atom is 0.158 e. The van der Waals surface area contributed by atoms with Crippen molar-refractivity contribution in [2.45, 2.75) is 13.8 Å². The van der Waals surface area contributed by atoms with Crippen molar-refractivity contribution < 1.29 is 4.42 Å². The van der Waals surface area contributed by atoms with E-state index in [0.717, 1.165) is 30.0 Å². The van der Waals surface area contributed by atoms with Crippen molar-refractivity contribution in [3.05, 3.63) is 54.6 Å². The molecule has 0 bridgehead atoms. The third-order valence-electron chi connectivity index (χ3n) is 3.68. The molecule has 2 nitrogen and oxygen atoms in total. The van der Waals surface area contributed by atoms with E-state index in [-0.39, 0.29) is 0 Å². The summed E-state index contributed by atoms with van der Waals surface area (Å²) >= 11 is 0. The Morgan fingerprint density at radius 1 is 0.850 bits per heavy atom. The van der Waals surface area contributed by atoms with Crippen molar-refractivity contribution in [1.82, 2.24) is 0 Å².